The molecule has 1 aromatic carbocycles. The molecule has 0 spiro atoms. The zero-order chi connectivity index (χ0) is 20.6. The van der Waals surface area contributed by atoms with Gasteiger partial charge in [-0.15, -0.1) is 11.3 Å². The molecule has 28 heavy (non-hydrogen) atoms. The molecule has 0 radical (unpaired) electrons. The summed E-state index contributed by atoms with van der Waals surface area (Å²) in [6.45, 7) is 6.12. The molecule has 0 bridgehead atoms. The van der Waals surface area contributed by atoms with E-state index in [0.717, 1.165) is 19.7 Å². The van der Waals surface area contributed by atoms with Gasteiger partial charge in [-0.2, -0.15) is 0 Å². The Bertz CT molecular complexity index is 1090. The van der Waals surface area contributed by atoms with Crippen LogP contribution < -0.4 is 10.9 Å². The van der Waals surface area contributed by atoms with Crippen LogP contribution in [-0.2, 0) is 11.3 Å². The van der Waals surface area contributed by atoms with Gasteiger partial charge in [-0.25, -0.2) is 4.98 Å². The van der Waals surface area contributed by atoms with Gasteiger partial charge in [0.2, 0.25) is 5.91 Å². The lowest BCUT2D eigenvalue weighted by molar-refractivity contribution is -0.119. The summed E-state index contributed by atoms with van der Waals surface area (Å²) in [5.41, 5.74) is 1.45. The number of aryl methyl sites for hydroxylation is 2. The minimum Gasteiger partial charge on any atom is -0.324 e. The van der Waals surface area contributed by atoms with Crippen LogP contribution in [0.5, 0.6) is 0 Å². The van der Waals surface area contributed by atoms with Crippen molar-refractivity contribution in [1.82, 2.24) is 14.5 Å². The first-order chi connectivity index (χ1) is 13.2. The van der Waals surface area contributed by atoms with Gasteiger partial charge in [-0.05, 0) is 64.7 Å². The van der Waals surface area contributed by atoms with Gasteiger partial charge in [0.05, 0.1) is 11.9 Å². The van der Waals surface area contributed by atoms with Crippen molar-refractivity contribution in [2.45, 2.75) is 33.4 Å². The van der Waals surface area contributed by atoms with Crippen molar-refractivity contribution in [1.29, 1.82) is 0 Å². The fraction of sp³-hybridized carbons (Fsp3) is 0.350. The number of hydrogen-bond acceptors (Lipinski definition) is 5. The molecule has 0 aliphatic heterocycles. The Morgan fingerprint density at radius 2 is 1.93 bits per heavy atom. The summed E-state index contributed by atoms with van der Waals surface area (Å²) in [6.07, 6.45) is 0. The van der Waals surface area contributed by atoms with E-state index in [1.54, 1.807) is 6.92 Å². The van der Waals surface area contributed by atoms with Crippen LogP contribution in [0.25, 0.3) is 10.2 Å². The summed E-state index contributed by atoms with van der Waals surface area (Å²) in [7, 11) is 3.83. The maximum atomic E-state index is 13.3. The van der Waals surface area contributed by atoms with Crippen LogP contribution in [0.4, 0.5) is 5.69 Å². The third-order valence-corrected chi connectivity index (χ3v) is 6.27. The summed E-state index contributed by atoms with van der Waals surface area (Å²) >= 11 is 4.90. The van der Waals surface area contributed by atoms with Crippen LogP contribution in [0.15, 0.2) is 33.5 Å². The van der Waals surface area contributed by atoms with Crippen molar-refractivity contribution in [3.8, 4) is 0 Å². The first kappa shape index (κ1) is 20.7. The van der Waals surface area contributed by atoms with Crippen LogP contribution in [-0.4, -0.2) is 34.5 Å². The molecule has 0 saturated carbocycles. The van der Waals surface area contributed by atoms with Gasteiger partial charge in [0.1, 0.15) is 16.7 Å². The van der Waals surface area contributed by atoms with E-state index in [0.29, 0.717) is 23.4 Å². The maximum absolute atomic E-state index is 13.3. The van der Waals surface area contributed by atoms with Gasteiger partial charge in [0, 0.05) is 15.0 Å². The fourth-order valence-electron chi connectivity index (χ4n) is 3.04. The van der Waals surface area contributed by atoms with Gasteiger partial charge in [0.25, 0.3) is 5.56 Å². The minimum atomic E-state index is -0.692. The molecule has 1 amide bonds. The SMILES string of the molecule is Cc1sc2nc(CN(C)C)n(C(C)C(=O)Nc3ccc(Br)cc3)c(=O)c2c1C. The Kier molecular flexibility index (Phi) is 6.02. The number of benzene rings is 1. The highest BCUT2D eigenvalue weighted by Crippen LogP contribution is 2.27. The highest BCUT2D eigenvalue weighted by Gasteiger charge is 2.24. The lowest BCUT2D eigenvalue weighted by Crippen LogP contribution is -2.36. The smallest absolute Gasteiger partial charge is 0.263 e. The van der Waals surface area contributed by atoms with Gasteiger partial charge in [-0.3, -0.25) is 14.2 Å². The minimum absolute atomic E-state index is 0.165. The Morgan fingerprint density at radius 1 is 1.29 bits per heavy atom. The Morgan fingerprint density at radius 3 is 2.54 bits per heavy atom. The normalized spacial score (nSPS) is 12.5. The van der Waals surface area contributed by atoms with Crippen molar-refractivity contribution < 1.29 is 4.79 Å². The van der Waals surface area contributed by atoms with Gasteiger partial charge < -0.3 is 10.2 Å². The molecule has 1 N–H and O–H groups in total. The number of thiophene rings is 1. The molecule has 6 nitrogen and oxygen atoms in total. The molecule has 0 aliphatic carbocycles. The summed E-state index contributed by atoms with van der Waals surface area (Å²) in [5.74, 6) is 0.331. The molecule has 0 fully saturated rings. The monoisotopic (exact) mass is 462 g/mol. The number of aromatic nitrogens is 2. The first-order valence-electron chi connectivity index (χ1n) is 8.91. The molecule has 1 unspecified atom stereocenters. The molecular formula is C20H23BrN4O2S. The number of rotatable bonds is 5. The number of hydrogen-bond donors (Lipinski definition) is 1. The quantitative estimate of drug-likeness (QED) is 0.619. The molecule has 2 aromatic heterocycles. The van der Waals surface area contributed by atoms with Crippen molar-refractivity contribution >= 4 is 49.1 Å². The summed E-state index contributed by atoms with van der Waals surface area (Å²) in [6, 6.07) is 6.64. The molecule has 0 aliphatic rings. The van der Waals surface area contributed by atoms with E-state index in [1.807, 2.05) is 57.1 Å². The third kappa shape index (κ3) is 4.04. The number of nitrogens with one attached hydrogen (secondary N) is 1. The number of fused-ring (bicyclic) bond motifs is 1. The predicted molar refractivity (Wildman–Crippen MR) is 118 cm³/mol. The predicted octanol–water partition coefficient (Wildman–Crippen LogP) is 4.10. The van der Waals surface area contributed by atoms with Crippen molar-refractivity contribution in [2.24, 2.45) is 0 Å². The van der Waals surface area contributed by atoms with E-state index < -0.39 is 6.04 Å². The average Bonchev–Trinajstić information content (AvgIpc) is 2.90. The molecule has 8 heteroatoms. The number of anilines is 1. The lowest BCUT2D eigenvalue weighted by atomic mass is 10.2. The Hall–Kier alpha value is -2.03. The zero-order valence-electron chi connectivity index (χ0n) is 16.5. The first-order valence-corrected chi connectivity index (χ1v) is 10.5. The molecule has 1 atom stereocenters. The average molecular weight is 463 g/mol. The molecule has 3 rings (SSSR count). The molecule has 3 aromatic rings. The number of nitrogens with zero attached hydrogens (tertiary/aromatic N) is 3. The topological polar surface area (TPSA) is 67.2 Å². The Labute approximate surface area is 176 Å². The number of amides is 1. The summed E-state index contributed by atoms with van der Waals surface area (Å²) in [4.78, 5) is 34.7. The molecule has 2 heterocycles. The lowest BCUT2D eigenvalue weighted by Gasteiger charge is -2.21. The van der Waals surface area contributed by atoms with Crippen molar-refractivity contribution in [2.75, 3.05) is 19.4 Å². The summed E-state index contributed by atoms with van der Waals surface area (Å²) < 4.78 is 2.45. The second kappa shape index (κ2) is 8.14. The largest absolute Gasteiger partial charge is 0.324 e. The van der Waals surface area contributed by atoms with E-state index in [9.17, 15) is 9.59 Å². The maximum Gasteiger partial charge on any atom is 0.263 e. The third-order valence-electron chi connectivity index (χ3n) is 4.64. The molecule has 0 saturated heterocycles. The summed E-state index contributed by atoms with van der Waals surface area (Å²) in [5, 5.41) is 3.49. The van der Waals surface area contributed by atoms with Gasteiger partial charge in [-0.1, -0.05) is 15.9 Å². The number of halogens is 1. The second-order valence-electron chi connectivity index (χ2n) is 7.08. The van der Waals surface area contributed by atoms with E-state index in [-0.39, 0.29) is 11.5 Å². The molecular weight excluding hydrogens is 440 g/mol. The Balaban J connectivity index is 2.07. The standard InChI is InChI=1S/C20H23BrN4O2S/c1-11-13(3)28-19-17(11)20(27)25(16(23-19)10-24(4)5)12(2)18(26)22-15-8-6-14(21)7-9-15/h6-9,12H,10H2,1-5H3,(H,22,26). The number of carbonyl (C=O) groups excluding carboxylic acids is 1. The van der Waals surface area contributed by atoms with Crippen LogP contribution in [0, 0.1) is 13.8 Å². The molecule has 148 valence electrons. The fourth-order valence-corrected chi connectivity index (χ4v) is 4.34. The highest BCUT2D eigenvalue weighted by atomic mass is 79.9. The van der Waals surface area contributed by atoms with Crippen LogP contribution in [0.3, 0.4) is 0 Å². The van der Waals surface area contributed by atoms with Gasteiger partial charge in [0.15, 0.2) is 0 Å². The van der Waals surface area contributed by atoms with Crippen LogP contribution >= 0.6 is 27.3 Å². The zero-order valence-corrected chi connectivity index (χ0v) is 18.9. The highest BCUT2D eigenvalue weighted by molar-refractivity contribution is 9.10. The van der Waals surface area contributed by atoms with Crippen molar-refractivity contribution in [3.05, 3.63) is 55.4 Å². The van der Waals surface area contributed by atoms with E-state index >= 15 is 0 Å². The van der Waals surface area contributed by atoms with Gasteiger partial charge >= 0.3 is 0 Å². The van der Waals surface area contributed by atoms with E-state index in [1.165, 1.54) is 15.9 Å². The van der Waals surface area contributed by atoms with E-state index in [4.69, 9.17) is 4.98 Å². The van der Waals surface area contributed by atoms with Crippen LogP contribution in [0.2, 0.25) is 0 Å². The van der Waals surface area contributed by atoms with Crippen molar-refractivity contribution in [3.63, 3.8) is 0 Å². The number of carbonyl (C=O) groups is 1. The van der Waals surface area contributed by atoms with Crippen LogP contribution in [0.1, 0.15) is 29.2 Å². The second-order valence-corrected chi connectivity index (χ2v) is 9.20. The van der Waals surface area contributed by atoms with E-state index in [2.05, 4.69) is 21.2 Å².